The van der Waals surface area contributed by atoms with Crippen LogP contribution in [0.4, 0.5) is 13.2 Å². The molecule has 4 nitrogen and oxygen atoms in total. The number of aromatic nitrogens is 2. The van der Waals surface area contributed by atoms with Crippen LogP contribution in [0.15, 0.2) is 36.7 Å². The van der Waals surface area contributed by atoms with Gasteiger partial charge in [-0.3, -0.25) is 9.97 Å². The SMILES string of the molecule is Oc1ccc(C[C@]2(c3ccnc(C(F)(F)F)c3)C[C@@H](O)C2)nc1. The highest BCUT2D eigenvalue weighted by molar-refractivity contribution is 5.33. The van der Waals surface area contributed by atoms with Gasteiger partial charge in [-0.15, -0.1) is 0 Å². The Morgan fingerprint density at radius 1 is 1.17 bits per heavy atom. The maximum Gasteiger partial charge on any atom is 0.433 e. The molecule has 0 radical (unpaired) electrons. The van der Waals surface area contributed by atoms with E-state index in [1.807, 2.05) is 0 Å². The Morgan fingerprint density at radius 2 is 1.91 bits per heavy atom. The third kappa shape index (κ3) is 3.14. The molecule has 0 bridgehead atoms. The standard InChI is InChI=1S/C16H15F3N2O2/c17-16(18,19)14-5-10(3-4-20-14)15(7-13(23)8-15)6-11-1-2-12(22)9-21-11/h1-5,9,13,22-23H,6-8H2/t13-,15+. The minimum Gasteiger partial charge on any atom is -0.506 e. The van der Waals surface area contributed by atoms with Gasteiger partial charge in [0, 0.05) is 17.3 Å². The molecule has 0 aliphatic heterocycles. The largest absolute Gasteiger partial charge is 0.506 e. The first-order chi connectivity index (χ1) is 10.8. The van der Waals surface area contributed by atoms with E-state index in [-0.39, 0.29) is 5.75 Å². The zero-order valence-corrected chi connectivity index (χ0v) is 12.1. The molecule has 0 atom stereocenters. The van der Waals surface area contributed by atoms with Gasteiger partial charge in [-0.2, -0.15) is 13.2 Å². The second kappa shape index (κ2) is 5.49. The van der Waals surface area contributed by atoms with Gasteiger partial charge in [0.2, 0.25) is 0 Å². The average Bonchev–Trinajstić information content (AvgIpc) is 2.47. The normalized spacial score (nSPS) is 24.3. The van der Waals surface area contributed by atoms with Gasteiger partial charge in [-0.25, -0.2) is 0 Å². The Labute approximate surface area is 130 Å². The first-order valence-corrected chi connectivity index (χ1v) is 7.14. The van der Waals surface area contributed by atoms with Crippen molar-refractivity contribution in [3.63, 3.8) is 0 Å². The molecule has 1 aliphatic rings. The van der Waals surface area contributed by atoms with Crippen LogP contribution >= 0.6 is 0 Å². The number of hydrogen-bond acceptors (Lipinski definition) is 4. The summed E-state index contributed by atoms with van der Waals surface area (Å²) in [6, 6.07) is 5.72. The molecule has 0 unspecified atom stereocenters. The molecule has 0 spiro atoms. The van der Waals surface area contributed by atoms with E-state index >= 15 is 0 Å². The fraction of sp³-hybridized carbons (Fsp3) is 0.375. The van der Waals surface area contributed by atoms with Crippen molar-refractivity contribution >= 4 is 0 Å². The molecule has 2 aromatic heterocycles. The van der Waals surface area contributed by atoms with Crippen LogP contribution in [0.3, 0.4) is 0 Å². The molecule has 2 N–H and O–H groups in total. The molecule has 23 heavy (non-hydrogen) atoms. The van der Waals surface area contributed by atoms with E-state index in [9.17, 15) is 23.4 Å². The van der Waals surface area contributed by atoms with E-state index in [1.54, 1.807) is 12.1 Å². The van der Waals surface area contributed by atoms with E-state index < -0.39 is 23.4 Å². The van der Waals surface area contributed by atoms with Crippen molar-refractivity contribution in [1.82, 2.24) is 9.97 Å². The van der Waals surface area contributed by atoms with Crippen molar-refractivity contribution in [3.8, 4) is 5.75 Å². The van der Waals surface area contributed by atoms with E-state index in [0.717, 1.165) is 12.3 Å². The molecule has 0 amide bonds. The number of rotatable bonds is 3. The minimum absolute atomic E-state index is 0.0275. The van der Waals surface area contributed by atoms with E-state index in [0.29, 0.717) is 30.5 Å². The van der Waals surface area contributed by atoms with Crippen LogP contribution in [-0.2, 0) is 18.0 Å². The Balaban J connectivity index is 1.94. The number of aliphatic hydroxyl groups is 1. The van der Waals surface area contributed by atoms with Gasteiger partial charge < -0.3 is 10.2 Å². The number of hydrogen-bond donors (Lipinski definition) is 2. The van der Waals surface area contributed by atoms with Crippen molar-refractivity contribution in [1.29, 1.82) is 0 Å². The number of nitrogens with zero attached hydrogens (tertiary/aromatic N) is 2. The maximum absolute atomic E-state index is 12.9. The summed E-state index contributed by atoms with van der Waals surface area (Å²) in [6.07, 6.45) is -1.45. The van der Waals surface area contributed by atoms with Crippen molar-refractivity contribution in [2.45, 2.75) is 37.0 Å². The maximum atomic E-state index is 12.9. The lowest BCUT2D eigenvalue weighted by molar-refractivity contribution is -0.141. The molecule has 122 valence electrons. The second-order valence-electron chi connectivity index (χ2n) is 5.95. The summed E-state index contributed by atoms with van der Waals surface area (Å²) in [6.45, 7) is 0. The summed E-state index contributed by atoms with van der Waals surface area (Å²) in [5.74, 6) is 0.0275. The Hall–Kier alpha value is -2.15. The summed E-state index contributed by atoms with van der Waals surface area (Å²) in [5.41, 5.74) is -0.374. The molecule has 2 heterocycles. The topological polar surface area (TPSA) is 66.2 Å². The minimum atomic E-state index is -4.50. The first kappa shape index (κ1) is 15.7. The first-order valence-electron chi connectivity index (χ1n) is 7.14. The van der Waals surface area contributed by atoms with Gasteiger partial charge in [0.1, 0.15) is 11.4 Å². The highest BCUT2D eigenvalue weighted by Crippen LogP contribution is 2.47. The van der Waals surface area contributed by atoms with E-state index in [4.69, 9.17) is 0 Å². The van der Waals surface area contributed by atoms with Crippen molar-refractivity contribution in [2.24, 2.45) is 0 Å². The Kier molecular flexibility index (Phi) is 3.75. The molecular formula is C16H15F3N2O2. The van der Waals surface area contributed by atoms with Gasteiger partial charge in [0.15, 0.2) is 0 Å². The zero-order valence-electron chi connectivity index (χ0n) is 12.1. The van der Waals surface area contributed by atoms with Gasteiger partial charge >= 0.3 is 6.18 Å². The lowest BCUT2D eigenvalue weighted by Gasteiger charge is -2.46. The summed E-state index contributed by atoms with van der Waals surface area (Å²) in [7, 11) is 0. The number of alkyl halides is 3. The molecule has 1 saturated carbocycles. The molecule has 1 aliphatic carbocycles. The number of halogens is 3. The highest BCUT2D eigenvalue weighted by Gasteiger charge is 2.46. The zero-order chi connectivity index (χ0) is 16.7. The molecule has 0 aromatic carbocycles. The predicted molar refractivity (Wildman–Crippen MR) is 75.8 cm³/mol. The Morgan fingerprint density at radius 3 is 2.48 bits per heavy atom. The molecule has 3 rings (SSSR count). The molecule has 1 fully saturated rings. The van der Waals surface area contributed by atoms with Crippen molar-refractivity contribution in [3.05, 3.63) is 53.6 Å². The third-order valence-corrected chi connectivity index (χ3v) is 4.24. The third-order valence-electron chi connectivity index (χ3n) is 4.24. The molecule has 2 aromatic rings. The second-order valence-corrected chi connectivity index (χ2v) is 5.95. The predicted octanol–water partition coefficient (Wildman–Crippen LogP) is 2.84. The highest BCUT2D eigenvalue weighted by atomic mass is 19.4. The monoisotopic (exact) mass is 324 g/mol. The van der Waals surface area contributed by atoms with E-state index in [1.165, 1.54) is 12.3 Å². The number of aliphatic hydroxyl groups excluding tert-OH is 1. The quantitative estimate of drug-likeness (QED) is 0.911. The fourth-order valence-corrected chi connectivity index (χ4v) is 3.11. The summed E-state index contributed by atoms with van der Waals surface area (Å²) in [5, 5.41) is 19.0. The van der Waals surface area contributed by atoms with Crippen LogP contribution in [0.5, 0.6) is 5.75 Å². The lowest BCUT2D eigenvalue weighted by Crippen LogP contribution is -2.46. The average molecular weight is 324 g/mol. The van der Waals surface area contributed by atoms with E-state index in [2.05, 4.69) is 9.97 Å². The van der Waals surface area contributed by atoms with Crippen LogP contribution in [0.1, 0.15) is 29.8 Å². The molecule has 7 heteroatoms. The summed E-state index contributed by atoms with van der Waals surface area (Å²) >= 11 is 0. The lowest BCUT2D eigenvalue weighted by atomic mass is 9.60. The van der Waals surface area contributed by atoms with Gasteiger partial charge in [0.25, 0.3) is 0 Å². The van der Waals surface area contributed by atoms with Crippen molar-refractivity contribution < 1.29 is 23.4 Å². The van der Waals surface area contributed by atoms with Crippen LogP contribution in [-0.4, -0.2) is 26.3 Å². The molecule has 0 saturated heterocycles. The Bertz CT molecular complexity index is 695. The van der Waals surface area contributed by atoms with Crippen LogP contribution in [0.2, 0.25) is 0 Å². The van der Waals surface area contributed by atoms with Gasteiger partial charge in [-0.05, 0) is 49.1 Å². The summed E-state index contributed by atoms with van der Waals surface area (Å²) < 4.78 is 38.6. The molecular weight excluding hydrogens is 309 g/mol. The fourth-order valence-electron chi connectivity index (χ4n) is 3.11. The van der Waals surface area contributed by atoms with Gasteiger partial charge in [-0.1, -0.05) is 0 Å². The van der Waals surface area contributed by atoms with Crippen LogP contribution < -0.4 is 0 Å². The van der Waals surface area contributed by atoms with Gasteiger partial charge in [0.05, 0.1) is 12.3 Å². The summed E-state index contributed by atoms with van der Waals surface area (Å²) in [4.78, 5) is 7.48. The smallest absolute Gasteiger partial charge is 0.433 e. The number of aromatic hydroxyl groups is 1. The van der Waals surface area contributed by atoms with Crippen LogP contribution in [0.25, 0.3) is 0 Å². The van der Waals surface area contributed by atoms with Crippen LogP contribution in [0, 0.1) is 0 Å². The number of pyridine rings is 2. The van der Waals surface area contributed by atoms with Crippen molar-refractivity contribution in [2.75, 3.05) is 0 Å².